The van der Waals surface area contributed by atoms with Gasteiger partial charge in [-0.3, -0.25) is 0 Å². The molecule has 2 aromatic carbocycles. The van der Waals surface area contributed by atoms with Crippen LogP contribution in [0.4, 0.5) is 11.4 Å². The minimum atomic E-state index is 0.176. The van der Waals surface area contributed by atoms with Crippen LogP contribution in [-0.2, 0) is 0 Å². The first-order chi connectivity index (χ1) is 14.2. The van der Waals surface area contributed by atoms with E-state index in [9.17, 15) is 0 Å². The van der Waals surface area contributed by atoms with Gasteiger partial charge in [0.2, 0.25) is 0 Å². The van der Waals surface area contributed by atoms with E-state index >= 15 is 0 Å². The van der Waals surface area contributed by atoms with Crippen LogP contribution in [0.3, 0.4) is 0 Å². The van der Waals surface area contributed by atoms with Gasteiger partial charge in [0, 0.05) is 0 Å². The number of nitrogens with one attached hydrogen (secondary N) is 1. The van der Waals surface area contributed by atoms with Gasteiger partial charge >= 0.3 is 0 Å². The molecule has 0 atom stereocenters. The third-order valence-electron chi connectivity index (χ3n) is 4.78. The lowest BCUT2D eigenvalue weighted by Crippen LogP contribution is -3.13. The van der Waals surface area contributed by atoms with Gasteiger partial charge in [0.05, 0.1) is 37.7 Å². The molecular weight excluding hydrogens is 366 g/mol. The number of aliphatic hydroxyl groups is 2. The van der Waals surface area contributed by atoms with E-state index < -0.39 is 0 Å². The maximum atomic E-state index is 9.02. The van der Waals surface area contributed by atoms with Gasteiger partial charge in [0.1, 0.15) is 18.8 Å². The molecule has 0 unspecified atom stereocenters. The predicted molar refractivity (Wildman–Crippen MR) is 115 cm³/mol. The minimum Gasteiger partial charge on any atom is -0.494 e. The van der Waals surface area contributed by atoms with Crippen LogP contribution < -0.4 is 9.64 Å². The molecule has 3 N–H and O–H groups in total. The Morgan fingerprint density at radius 2 is 1.28 bits per heavy atom. The number of aryl methyl sites for hydroxylation is 1. The minimum absolute atomic E-state index is 0.176. The number of hydrogen-bond donors (Lipinski definition) is 3. The van der Waals surface area contributed by atoms with Crippen LogP contribution in [0.1, 0.15) is 31.2 Å². The quantitative estimate of drug-likeness (QED) is 0.337. The fraction of sp³-hybridized carbons (Fsp3) is 0.478. The van der Waals surface area contributed by atoms with Crippen LogP contribution in [0, 0.1) is 6.92 Å². The summed E-state index contributed by atoms with van der Waals surface area (Å²) in [5.41, 5.74) is 2.85. The van der Waals surface area contributed by atoms with Crippen LogP contribution in [0.5, 0.6) is 5.75 Å². The summed E-state index contributed by atoms with van der Waals surface area (Å²) >= 11 is 0. The fourth-order valence-corrected chi connectivity index (χ4v) is 3.05. The average Bonchev–Trinajstić information content (AvgIpc) is 2.74. The van der Waals surface area contributed by atoms with Crippen molar-refractivity contribution in [2.45, 2.75) is 32.6 Å². The van der Waals surface area contributed by atoms with Crippen LogP contribution in [0.25, 0.3) is 0 Å². The molecule has 2 rings (SSSR count). The largest absolute Gasteiger partial charge is 0.494 e. The lowest BCUT2D eigenvalue weighted by molar-refractivity contribution is -0.901. The molecule has 0 amide bonds. The molecule has 0 spiro atoms. The van der Waals surface area contributed by atoms with Crippen molar-refractivity contribution < 1.29 is 19.8 Å². The van der Waals surface area contributed by atoms with Gasteiger partial charge in [-0.15, -0.1) is 0 Å². The van der Waals surface area contributed by atoms with E-state index in [1.165, 1.54) is 10.5 Å². The lowest BCUT2D eigenvalue weighted by Gasteiger charge is -2.17. The second-order valence-electron chi connectivity index (χ2n) is 7.24. The first kappa shape index (κ1) is 23.0. The molecular formula is C23H34N3O3+. The van der Waals surface area contributed by atoms with E-state index in [4.69, 9.17) is 14.9 Å². The molecule has 0 aliphatic heterocycles. The molecule has 0 bridgehead atoms. The highest BCUT2D eigenvalue weighted by Crippen LogP contribution is 2.21. The molecule has 0 aliphatic carbocycles. The molecule has 0 heterocycles. The summed E-state index contributed by atoms with van der Waals surface area (Å²) in [6.07, 6.45) is 4.39. The molecule has 2 aromatic rings. The van der Waals surface area contributed by atoms with E-state index in [0.29, 0.717) is 19.7 Å². The van der Waals surface area contributed by atoms with E-state index in [1.807, 2.05) is 55.5 Å². The van der Waals surface area contributed by atoms with E-state index in [2.05, 4.69) is 10.2 Å². The Kier molecular flexibility index (Phi) is 11.0. The number of rotatable bonds is 14. The van der Waals surface area contributed by atoms with Gasteiger partial charge in [-0.1, -0.05) is 17.7 Å². The highest BCUT2D eigenvalue weighted by molar-refractivity contribution is 5.43. The zero-order chi connectivity index (χ0) is 20.7. The Hall–Kier alpha value is -2.28. The molecule has 0 aromatic heterocycles. The Morgan fingerprint density at radius 1 is 0.724 bits per heavy atom. The van der Waals surface area contributed by atoms with Crippen LogP contribution in [-0.4, -0.2) is 49.7 Å². The number of hydrogen-bond acceptors (Lipinski definition) is 5. The maximum Gasteiger partial charge on any atom is 0.119 e. The third-order valence-corrected chi connectivity index (χ3v) is 4.78. The highest BCUT2D eigenvalue weighted by Gasteiger charge is 2.06. The maximum absolute atomic E-state index is 9.02. The SMILES string of the molecule is Cc1ccc(N=Nc2ccc(OCCCCCC[NH+](CCO)CCO)cc2)cc1. The standard InChI is InChI=1S/C23H33N3O3/c1-20-6-8-21(9-7-20)24-25-22-10-12-23(13-11-22)29-19-5-3-2-4-14-26(15-17-27)16-18-28/h6-13,27-28H,2-5,14-19H2,1H3/p+1. The monoisotopic (exact) mass is 400 g/mol. The molecule has 0 radical (unpaired) electrons. The summed E-state index contributed by atoms with van der Waals surface area (Å²) in [7, 11) is 0. The second-order valence-corrected chi connectivity index (χ2v) is 7.24. The van der Waals surface area contributed by atoms with Crippen molar-refractivity contribution in [1.82, 2.24) is 0 Å². The predicted octanol–water partition coefficient (Wildman–Crippen LogP) is 3.22. The van der Waals surface area contributed by atoms with Gasteiger partial charge in [0.25, 0.3) is 0 Å². The fourth-order valence-electron chi connectivity index (χ4n) is 3.05. The van der Waals surface area contributed by atoms with Gasteiger partial charge in [-0.05, 0) is 69.0 Å². The molecule has 0 saturated carbocycles. The number of aliphatic hydroxyl groups excluding tert-OH is 2. The van der Waals surface area contributed by atoms with E-state index in [-0.39, 0.29) is 13.2 Å². The molecule has 6 nitrogen and oxygen atoms in total. The lowest BCUT2D eigenvalue weighted by atomic mass is 10.2. The number of unbranched alkanes of at least 4 members (excludes halogenated alkanes) is 3. The molecule has 6 heteroatoms. The van der Waals surface area contributed by atoms with Gasteiger partial charge in [0.15, 0.2) is 0 Å². The van der Waals surface area contributed by atoms with Crippen molar-refractivity contribution in [1.29, 1.82) is 0 Å². The van der Waals surface area contributed by atoms with Crippen molar-refractivity contribution >= 4 is 11.4 Å². The smallest absolute Gasteiger partial charge is 0.119 e. The molecule has 29 heavy (non-hydrogen) atoms. The third kappa shape index (κ3) is 9.65. The highest BCUT2D eigenvalue weighted by atomic mass is 16.5. The zero-order valence-electron chi connectivity index (χ0n) is 17.4. The van der Waals surface area contributed by atoms with Crippen molar-refractivity contribution in [3.8, 4) is 5.75 Å². The summed E-state index contributed by atoms with van der Waals surface area (Å²) in [4.78, 5) is 1.27. The zero-order valence-corrected chi connectivity index (χ0v) is 17.4. The Morgan fingerprint density at radius 3 is 1.86 bits per heavy atom. The summed E-state index contributed by atoms with van der Waals surface area (Å²) in [5.74, 6) is 0.848. The first-order valence-electron chi connectivity index (χ1n) is 10.5. The topological polar surface area (TPSA) is 78.9 Å². The van der Waals surface area contributed by atoms with Crippen molar-refractivity contribution in [2.24, 2.45) is 10.2 Å². The number of ether oxygens (including phenoxy) is 1. The summed E-state index contributed by atoms with van der Waals surface area (Å²) in [6, 6.07) is 15.6. The van der Waals surface area contributed by atoms with Gasteiger partial charge in [-0.2, -0.15) is 10.2 Å². The first-order valence-corrected chi connectivity index (χ1v) is 10.5. The molecule has 158 valence electrons. The number of benzene rings is 2. The summed E-state index contributed by atoms with van der Waals surface area (Å²) in [6.45, 7) is 5.53. The average molecular weight is 401 g/mol. The van der Waals surface area contributed by atoms with Crippen molar-refractivity contribution in [2.75, 3.05) is 39.5 Å². The van der Waals surface area contributed by atoms with Crippen molar-refractivity contribution in [3.63, 3.8) is 0 Å². The summed E-state index contributed by atoms with van der Waals surface area (Å²) < 4.78 is 5.80. The summed E-state index contributed by atoms with van der Waals surface area (Å²) in [5, 5.41) is 26.5. The number of nitrogens with zero attached hydrogens (tertiary/aromatic N) is 2. The Balaban J connectivity index is 1.60. The Bertz CT molecular complexity index is 696. The Labute approximate surface area is 173 Å². The number of quaternary nitrogens is 1. The van der Waals surface area contributed by atoms with Gasteiger partial charge in [-0.25, -0.2) is 0 Å². The van der Waals surface area contributed by atoms with Crippen LogP contribution in [0.15, 0.2) is 58.8 Å². The number of azo groups is 1. The molecule has 0 fully saturated rings. The second kappa shape index (κ2) is 13.8. The van der Waals surface area contributed by atoms with E-state index in [0.717, 1.165) is 49.4 Å². The van der Waals surface area contributed by atoms with Crippen molar-refractivity contribution in [3.05, 3.63) is 54.1 Å². The van der Waals surface area contributed by atoms with E-state index in [1.54, 1.807) is 0 Å². The van der Waals surface area contributed by atoms with Gasteiger partial charge < -0.3 is 19.8 Å². The van der Waals surface area contributed by atoms with Crippen LogP contribution in [0.2, 0.25) is 0 Å². The molecule has 0 saturated heterocycles. The normalized spacial score (nSPS) is 11.4. The molecule has 0 aliphatic rings. The van der Waals surface area contributed by atoms with Crippen LogP contribution >= 0.6 is 0 Å².